The first-order valence-corrected chi connectivity index (χ1v) is 13.5. The highest BCUT2D eigenvalue weighted by Gasteiger charge is 2.27. The molecule has 35 heavy (non-hydrogen) atoms. The minimum absolute atomic E-state index is 0.0440. The Kier molecular flexibility index (Phi) is 8.34. The van der Waals surface area contributed by atoms with Gasteiger partial charge in [0, 0.05) is 17.8 Å². The van der Waals surface area contributed by atoms with E-state index in [9.17, 15) is 14.9 Å². The van der Waals surface area contributed by atoms with Crippen molar-refractivity contribution in [2.24, 2.45) is 0 Å². The number of ether oxygens (including phenoxy) is 1. The number of non-ortho nitro benzene ring substituents is 1. The highest BCUT2D eigenvalue weighted by molar-refractivity contribution is 14.1. The van der Waals surface area contributed by atoms with Crippen molar-refractivity contribution >= 4 is 73.6 Å². The van der Waals surface area contributed by atoms with Crippen LogP contribution in [-0.4, -0.2) is 16.3 Å². The number of amides is 1. The summed E-state index contributed by atoms with van der Waals surface area (Å²) in [7, 11) is 0. The Bertz CT molecular complexity index is 1260. The number of hydrogen-bond donors (Lipinski definition) is 2. The number of carbonyl (C=O) groups is 1. The van der Waals surface area contributed by atoms with Crippen molar-refractivity contribution in [1.82, 2.24) is 5.32 Å². The molecule has 0 unspecified atom stereocenters. The SMILES string of the molecule is CCc1ccc(N[C@H]2NC(=O)/C(=C/c3cc(Br)c(OCc4ccc([N+](=O)[O-])cc4)c(I)c3)S2)cc1. The van der Waals surface area contributed by atoms with Crippen LogP contribution in [0.15, 0.2) is 70.0 Å². The second-order valence-corrected chi connectivity index (χ2v) is 10.9. The van der Waals surface area contributed by atoms with Gasteiger partial charge in [0.25, 0.3) is 11.6 Å². The van der Waals surface area contributed by atoms with Crippen molar-refractivity contribution in [2.45, 2.75) is 25.4 Å². The molecular formula is C25H21BrIN3O4S. The van der Waals surface area contributed by atoms with Gasteiger partial charge in [0.15, 0.2) is 5.50 Å². The lowest BCUT2D eigenvalue weighted by molar-refractivity contribution is -0.384. The number of anilines is 1. The van der Waals surface area contributed by atoms with Gasteiger partial charge in [-0.15, -0.1) is 0 Å². The fourth-order valence-corrected chi connectivity index (χ4v) is 6.13. The van der Waals surface area contributed by atoms with Crippen molar-refractivity contribution < 1.29 is 14.5 Å². The van der Waals surface area contributed by atoms with Gasteiger partial charge >= 0.3 is 0 Å². The highest BCUT2D eigenvalue weighted by atomic mass is 127. The van der Waals surface area contributed by atoms with E-state index in [0.717, 1.165) is 31.3 Å². The molecule has 1 aliphatic heterocycles. The van der Waals surface area contributed by atoms with E-state index >= 15 is 0 Å². The molecule has 10 heteroatoms. The van der Waals surface area contributed by atoms with Gasteiger partial charge in [-0.1, -0.05) is 30.8 Å². The van der Waals surface area contributed by atoms with Crippen LogP contribution in [-0.2, 0) is 17.8 Å². The second kappa shape index (κ2) is 11.4. The number of rotatable bonds is 8. The third-order valence-corrected chi connectivity index (χ3v) is 7.66. The summed E-state index contributed by atoms with van der Waals surface area (Å²) in [4.78, 5) is 23.5. The van der Waals surface area contributed by atoms with E-state index in [-0.39, 0.29) is 23.7 Å². The predicted octanol–water partition coefficient (Wildman–Crippen LogP) is 6.70. The maximum atomic E-state index is 12.5. The fraction of sp³-hybridized carbons (Fsp3) is 0.160. The van der Waals surface area contributed by atoms with Crippen LogP contribution in [0.3, 0.4) is 0 Å². The number of halogens is 2. The predicted molar refractivity (Wildman–Crippen MR) is 151 cm³/mol. The molecule has 3 aromatic rings. The van der Waals surface area contributed by atoms with Gasteiger partial charge in [0.2, 0.25) is 0 Å². The molecule has 0 aliphatic carbocycles. The number of nitro benzene ring substituents is 1. The summed E-state index contributed by atoms with van der Waals surface area (Å²) in [5.74, 6) is 0.548. The summed E-state index contributed by atoms with van der Waals surface area (Å²) in [5, 5.41) is 17.1. The average molecular weight is 666 g/mol. The molecule has 4 rings (SSSR count). The number of aryl methyl sites for hydroxylation is 1. The Morgan fingerprint density at radius 3 is 2.49 bits per heavy atom. The van der Waals surface area contributed by atoms with Crippen LogP contribution in [0.5, 0.6) is 5.75 Å². The monoisotopic (exact) mass is 665 g/mol. The number of benzene rings is 3. The lowest BCUT2D eigenvalue weighted by Crippen LogP contribution is -2.30. The van der Waals surface area contributed by atoms with Crippen LogP contribution in [0.25, 0.3) is 6.08 Å². The molecule has 1 atom stereocenters. The average Bonchev–Trinajstić information content (AvgIpc) is 3.17. The molecule has 0 saturated carbocycles. The lowest BCUT2D eigenvalue weighted by Gasteiger charge is -2.13. The van der Waals surface area contributed by atoms with Crippen LogP contribution < -0.4 is 15.4 Å². The van der Waals surface area contributed by atoms with Crippen LogP contribution >= 0.6 is 50.3 Å². The molecule has 3 aromatic carbocycles. The van der Waals surface area contributed by atoms with Crippen molar-refractivity contribution in [2.75, 3.05) is 5.32 Å². The number of carbonyl (C=O) groups excluding carboxylic acids is 1. The van der Waals surface area contributed by atoms with Crippen molar-refractivity contribution in [3.8, 4) is 5.75 Å². The summed E-state index contributed by atoms with van der Waals surface area (Å²) in [6.45, 7) is 2.39. The smallest absolute Gasteiger partial charge is 0.269 e. The van der Waals surface area contributed by atoms with Gasteiger partial charge in [0.1, 0.15) is 12.4 Å². The van der Waals surface area contributed by atoms with Crippen molar-refractivity contribution in [1.29, 1.82) is 0 Å². The molecule has 0 aromatic heterocycles. The Morgan fingerprint density at radius 1 is 1.17 bits per heavy atom. The molecule has 2 N–H and O–H groups in total. The van der Waals surface area contributed by atoms with Gasteiger partial charge in [-0.3, -0.25) is 14.9 Å². The zero-order chi connectivity index (χ0) is 24.9. The quantitative estimate of drug-likeness (QED) is 0.120. The van der Waals surface area contributed by atoms with Crippen LogP contribution in [0.4, 0.5) is 11.4 Å². The summed E-state index contributed by atoms with van der Waals surface area (Å²) in [5.41, 5.74) is 3.71. The largest absolute Gasteiger partial charge is 0.487 e. The highest BCUT2D eigenvalue weighted by Crippen LogP contribution is 2.35. The Balaban J connectivity index is 1.42. The zero-order valence-electron chi connectivity index (χ0n) is 18.6. The van der Waals surface area contributed by atoms with Gasteiger partial charge in [-0.2, -0.15) is 0 Å². The van der Waals surface area contributed by atoms with E-state index in [2.05, 4.69) is 68.2 Å². The number of nitrogens with zero attached hydrogens (tertiary/aromatic N) is 1. The molecule has 1 heterocycles. The van der Waals surface area contributed by atoms with Crippen LogP contribution in [0.1, 0.15) is 23.6 Å². The van der Waals surface area contributed by atoms with Crippen molar-refractivity contribution in [3.63, 3.8) is 0 Å². The summed E-state index contributed by atoms with van der Waals surface area (Å²) in [6.07, 6.45) is 2.84. The maximum absolute atomic E-state index is 12.5. The number of nitrogens with one attached hydrogen (secondary N) is 2. The van der Waals surface area contributed by atoms with E-state index < -0.39 is 4.92 Å². The number of thioether (sulfide) groups is 1. The summed E-state index contributed by atoms with van der Waals surface area (Å²) in [6, 6.07) is 18.3. The second-order valence-electron chi connectivity index (χ2n) is 7.70. The standard InChI is InChI=1S/C25H21BrIN3O4S/c1-2-15-3-7-18(8-4-15)28-25-29-24(31)22(35-25)13-17-11-20(26)23(21(27)12-17)34-14-16-5-9-19(10-6-16)30(32)33/h3-13,25,28H,2,14H2,1H3,(H,29,31)/b22-13-/t25-/m0/s1. The van der Waals surface area contributed by atoms with Crippen LogP contribution in [0.2, 0.25) is 0 Å². The normalized spacial score (nSPS) is 16.3. The molecule has 0 spiro atoms. The third-order valence-electron chi connectivity index (χ3n) is 5.24. The van der Waals surface area contributed by atoms with E-state index in [1.54, 1.807) is 12.1 Å². The van der Waals surface area contributed by atoms with Gasteiger partial charge in [-0.25, -0.2) is 0 Å². The van der Waals surface area contributed by atoms with Crippen molar-refractivity contribution in [3.05, 3.63) is 100 Å². The molecule has 180 valence electrons. The van der Waals surface area contributed by atoms with E-state index in [1.165, 1.54) is 29.5 Å². The minimum atomic E-state index is -0.428. The molecule has 0 radical (unpaired) electrons. The minimum Gasteiger partial charge on any atom is -0.487 e. The lowest BCUT2D eigenvalue weighted by atomic mass is 10.1. The molecule has 1 amide bonds. The molecule has 1 saturated heterocycles. The Labute approximate surface area is 229 Å². The van der Waals surface area contributed by atoms with Gasteiger partial charge in [-0.05, 0) is 104 Å². The van der Waals surface area contributed by atoms with Gasteiger partial charge < -0.3 is 15.4 Å². The van der Waals surface area contributed by atoms with Crippen LogP contribution in [0, 0.1) is 13.7 Å². The van der Waals surface area contributed by atoms with E-state index in [4.69, 9.17) is 4.74 Å². The Morgan fingerprint density at radius 2 is 1.86 bits per heavy atom. The molecule has 0 bridgehead atoms. The van der Waals surface area contributed by atoms with E-state index in [0.29, 0.717) is 10.7 Å². The first-order valence-electron chi connectivity index (χ1n) is 10.7. The molecule has 1 aliphatic rings. The molecule has 1 fully saturated rings. The third kappa shape index (κ3) is 6.56. The van der Waals surface area contributed by atoms with Gasteiger partial charge in [0.05, 0.1) is 17.9 Å². The summed E-state index contributed by atoms with van der Waals surface area (Å²) < 4.78 is 7.59. The summed E-state index contributed by atoms with van der Waals surface area (Å²) >= 11 is 7.20. The first kappa shape index (κ1) is 25.5. The fourth-order valence-electron chi connectivity index (χ4n) is 3.37. The molecule has 7 nitrogen and oxygen atoms in total. The molecular weight excluding hydrogens is 645 g/mol. The zero-order valence-corrected chi connectivity index (χ0v) is 23.1. The number of nitro groups is 1. The topological polar surface area (TPSA) is 93.5 Å². The van der Waals surface area contributed by atoms with E-state index in [1.807, 2.05) is 30.3 Å². The first-order chi connectivity index (χ1) is 16.8. The Hall–Kier alpha value is -2.57. The number of hydrogen-bond acceptors (Lipinski definition) is 6. The maximum Gasteiger partial charge on any atom is 0.269 e.